The predicted molar refractivity (Wildman–Crippen MR) is 61.3 cm³/mol. The molecule has 2 aromatic rings. The highest BCUT2D eigenvalue weighted by Gasteiger charge is 2.05. The van der Waals surface area contributed by atoms with Crippen LogP contribution in [0.3, 0.4) is 0 Å². The molecule has 0 bridgehead atoms. The summed E-state index contributed by atoms with van der Waals surface area (Å²) in [6.07, 6.45) is 4.16. The minimum atomic E-state index is 0.118. The van der Waals surface area contributed by atoms with Crippen molar-refractivity contribution < 1.29 is 5.11 Å². The smallest absolute Gasteiger partial charge is 0.149 e. The maximum absolute atomic E-state index is 8.82. The summed E-state index contributed by atoms with van der Waals surface area (Å²) in [6, 6.07) is 3.77. The van der Waals surface area contributed by atoms with Crippen LogP contribution in [0, 0.1) is 6.92 Å². The first-order valence-corrected chi connectivity index (χ1v) is 5.08. The average molecular weight is 218 g/mol. The minimum absolute atomic E-state index is 0.118. The molecular weight excluding hydrogens is 204 g/mol. The number of pyridine rings is 1. The molecule has 0 atom stereocenters. The summed E-state index contributed by atoms with van der Waals surface area (Å²) in [5.74, 6) is 0.457. The number of rotatable bonds is 3. The molecule has 0 unspecified atom stereocenters. The molecule has 3 N–H and O–H groups in total. The van der Waals surface area contributed by atoms with Crippen molar-refractivity contribution in [2.24, 2.45) is 0 Å². The van der Waals surface area contributed by atoms with Gasteiger partial charge in [0.05, 0.1) is 6.20 Å². The monoisotopic (exact) mass is 218 g/mol. The van der Waals surface area contributed by atoms with E-state index < -0.39 is 0 Å². The van der Waals surface area contributed by atoms with Gasteiger partial charge in [-0.15, -0.1) is 0 Å². The van der Waals surface area contributed by atoms with Crippen LogP contribution in [-0.4, -0.2) is 26.5 Å². The molecule has 0 aromatic carbocycles. The maximum Gasteiger partial charge on any atom is 0.149 e. The first-order valence-electron chi connectivity index (χ1n) is 5.08. The van der Waals surface area contributed by atoms with E-state index in [1.165, 1.54) is 0 Å². The number of aliphatic hydroxyl groups excluding tert-OH is 1. The second-order valence-corrected chi connectivity index (χ2v) is 3.62. The molecule has 5 nitrogen and oxygen atoms in total. The molecule has 0 radical (unpaired) electrons. The van der Waals surface area contributed by atoms with Crippen LogP contribution in [0.4, 0.5) is 5.82 Å². The summed E-state index contributed by atoms with van der Waals surface area (Å²) < 4.78 is 1.67. The standard InChI is InChI=1S/C11H14N4O/c1-8-2-3-10(11(12)14-8)15-7-9(4-5-16)6-13-15/h2-3,6-7,16H,4-5H2,1H3,(H2,12,14). The Hall–Kier alpha value is -1.88. The van der Waals surface area contributed by atoms with Crippen molar-refractivity contribution in [2.45, 2.75) is 13.3 Å². The van der Waals surface area contributed by atoms with Gasteiger partial charge in [0, 0.05) is 18.5 Å². The fourth-order valence-corrected chi connectivity index (χ4v) is 1.51. The van der Waals surface area contributed by atoms with Crippen LogP contribution in [0.5, 0.6) is 0 Å². The lowest BCUT2D eigenvalue weighted by atomic mass is 10.3. The second-order valence-electron chi connectivity index (χ2n) is 3.62. The Kier molecular flexibility index (Phi) is 2.87. The summed E-state index contributed by atoms with van der Waals surface area (Å²) in [7, 11) is 0. The molecule has 0 aliphatic carbocycles. The Morgan fingerprint density at radius 1 is 1.44 bits per heavy atom. The highest BCUT2D eigenvalue weighted by Crippen LogP contribution is 2.15. The van der Waals surface area contributed by atoms with Crippen molar-refractivity contribution in [3.63, 3.8) is 0 Å². The van der Waals surface area contributed by atoms with E-state index in [2.05, 4.69) is 10.1 Å². The first-order chi connectivity index (χ1) is 7.70. The van der Waals surface area contributed by atoms with Crippen LogP contribution >= 0.6 is 0 Å². The number of hydrogen-bond acceptors (Lipinski definition) is 4. The minimum Gasteiger partial charge on any atom is -0.396 e. The van der Waals surface area contributed by atoms with Gasteiger partial charge in [0.2, 0.25) is 0 Å². The SMILES string of the molecule is Cc1ccc(-n2cc(CCO)cn2)c(N)n1. The highest BCUT2D eigenvalue weighted by molar-refractivity contribution is 5.52. The molecular formula is C11H14N4O. The van der Waals surface area contributed by atoms with E-state index in [-0.39, 0.29) is 6.61 Å². The van der Waals surface area contributed by atoms with E-state index in [9.17, 15) is 0 Å². The van der Waals surface area contributed by atoms with Crippen LogP contribution in [0.15, 0.2) is 24.5 Å². The van der Waals surface area contributed by atoms with Crippen molar-refractivity contribution in [1.82, 2.24) is 14.8 Å². The van der Waals surface area contributed by atoms with Crippen molar-refractivity contribution in [1.29, 1.82) is 0 Å². The molecule has 2 heterocycles. The number of aromatic nitrogens is 3. The molecule has 0 aliphatic rings. The van der Waals surface area contributed by atoms with E-state index in [0.717, 1.165) is 16.9 Å². The van der Waals surface area contributed by atoms with Crippen LogP contribution in [-0.2, 0) is 6.42 Å². The van der Waals surface area contributed by atoms with Crippen LogP contribution in [0.1, 0.15) is 11.3 Å². The lowest BCUT2D eigenvalue weighted by Crippen LogP contribution is -2.03. The quantitative estimate of drug-likeness (QED) is 0.794. The summed E-state index contributed by atoms with van der Waals surface area (Å²) >= 11 is 0. The van der Waals surface area contributed by atoms with E-state index >= 15 is 0 Å². The van der Waals surface area contributed by atoms with Gasteiger partial charge in [0.1, 0.15) is 11.5 Å². The van der Waals surface area contributed by atoms with Gasteiger partial charge < -0.3 is 10.8 Å². The van der Waals surface area contributed by atoms with Crippen LogP contribution < -0.4 is 5.73 Å². The Balaban J connectivity index is 2.35. The molecule has 0 amide bonds. The Bertz CT molecular complexity index is 492. The number of aryl methyl sites for hydroxylation is 1. The summed E-state index contributed by atoms with van der Waals surface area (Å²) in [5.41, 5.74) is 8.43. The van der Waals surface area contributed by atoms with Gasteiger partial charge in [-0.2, -0.15) is 5.10 Å². The normalized spacial score (nSPS) is 10.6. The third-order valence-electron chi connectivity index (χ3n) is 2.33. The van der Waals surface area contributed by atoms with E-state index in [0.29, 0.717) is 12.2 Å². The molecule has 2 rings (SSSR count). The zero-order chi connectivity index (χ0) is 11.5. The Labute approximate surface area is 93.5 Å². The van der Waals surface area contributed by atoms with E-state index in [4.69, 9.17) is 10.8 Å². The lowest BCUT2D eigenvalue weighted by molar-refractivity contribution is 0.299. The van der Waals surface area contributed by atoms with Gasteiger partial charge in [-0.25, -0.2) is 9.67 Å². The Morgan fingerprint density at radius 3 is 2.94 bits per heavy atom. The van der Waals surface area contributed by atoms with Gasteiger partial charge in [0.25, 0.3) is 0 Å². The third-order valence-corrected chi connectivity index (χ3v) is 2.33. The number of nitrogen functional groups attached to an aromatic ring is 1. The largest absolute Gasteiger partial charge is 0.396 e. The molecule has 0 fully saturated rings. The highest BCUT2D eigenvalue weighted by atomic mass is 16.2. The number of aliphatic hydroxyl groups is 1. The number of hydrogen-bond donors (Lipinski definition) is 2. The third kappa shape index (κ3) is 2.04. The molecule has 16 heavy (non-hydrogen) atoms. The molecule has 2 aromatic heterocycles. The van der Waals surface area contributed by atoms with Crippen molar-refractivity contribution in [2.75, 3.05) is 12.3 Å². The maximum atomic E-state index is 8.82. The van der Waals surface area contributed by atoms with Crippen molar-refractivity contribution in [3.05, 3.63) is 35.8 Å². The number of nitrogens with two attached hydrogens (primary N) is 1. The van der Waals surface area contributed by atoms with Gasteiger partial charge in [0.15, 0.2) is 0 Å². The van der Waals surface area contributed by atoms with Crippen LogP contribution in [0.25, 0.3) is 5.69 Å². The van der Waals surface area contributed by atoms with Crippen molar-refractivity contribution >= 4 is 5.82 Å². The first kappa shape index (κ1) is 10.6. The van der Waals surface area contributed by atoms with Gasteiger partial charge in [-0.3, -0.25) is 0 Å². The summed E-state index contributed by atoms with van der Waals surface area (Å²) in [4.78, 5) is 4.17. The molecule has 0 aliphatic heterocycles. The topological polar surface area (TPSA) is 77.0 Å². The summed E-state index contributed by atoms with van der Waals surface area (Å²) in [6.45, 7) is 2.01. The molecule has 5 heteroatoms. The number of anilines is 1. The second kappa shape index (κ2) is 4.32. The zero-order valence-corrected chi connectivity index (χ0v) is 9.09. The molecule has 0 saturated carbocycles. The van der Waals surface area contributed by atoms with Gasteiger partial charge >= 0.3 is 0 Å². The molecule has 84 valence electrons. The molecule has 0 saturated heterocycles. The van der Waals surface area contributed by atoms with Crippen molar-refractivity contribution in [3.8, 4) is 5.69 Å². The zero-order valence-electron chi connectivity index (χ0n) is 9.09. The van der Waals surface area contributed by atoms with Gasteiger partial charge in [-0.05, 0) is 31.0 Å². The summed E-state index contributed by atoms with van der Waals surface area (Å²) in [5, 5.41) is 13.0. The van der Waals surface area contributed by atoms with Crippen LogP contribution in [0.2, 0.25) is 0 Å². The predicted octanol–water partition coefficient (Wildman–Crippen LogP) is 0.693. The lowest BCUT2D eigenvalue weighted by Gasteiger charge is -2.04. The average Bonchev–Trinajstić information content (AvgIpc) is 2.67. The fraction of sp³-hybridized carbons (Fsp3) is 0.273. The van der Waals surface area contributed by atoms with Gasteiger partial charge in [-0.1, -0.05) is 0 Å². The Morgan fingerprint density at radius 2 is 2.25 bits per heavy atom. The van der Waals surface area contributed by atoms with E-state index in [1.807, 2.05) is 25.3 Å². The fourth-order valence-electron chi connectivity index (χ4n) is 1.51. The number of nitrogens with zero attached hydrogens (tertiary/aromatic N) is 3. The van der Waals surface area contributed by atoms with E-state index in [1.54, 1.807) is 10.9 Å². The molecule has 0 spiro atoms.